The molecule has 1 amide bonds. The van der Waals surface area contributed by atoms with E-state index in [-0.39, 0.29) is 11.6 Å². The quantitative estimate of drug-likeness (QED) is 0.723. The van der Waals surface area contributed by atoms with E-state index in [2.05, 4.69) is 15.3 Å². The summed E-state index contributed by atoms with van der Waals surface area (Å²) in [6.07, 6.45) is 0. The number of ether oxygens (including phenoxy) is 2. The fourth-order valence-corrected chi connectivity index (χ4v) is 2.91. The molecule has 0 bridgehead atoms. The largest absolute Gasteiger partial charge is 0.383 e. The average molecular weight is 403 g/mol. The lowest BCUT2D eigenvalue weighted by Crippen LogP contribution is -2.38. The van der Waals surface area contributed by atoms with Crippen LogP contribution in [0.4, 0.5) is 21.8 Å². The van der Waals surface area contributed by atoms with Gasteiger partial charge in [-0.1, -0.05) is 12.1 Å². The van der Waals surface area contributed by atoms with Gasteiger partial charge in [0, 0.05) is 45.5 Å². The number of anilines is 3. The van der Waals surface area contributed by atoms with Crippen molar-refractivity contribution in [2.75, 3.05) is 68.7 Å². The lowest BCUT2D eigenvalue weighted by atomic mass is 10.2. The number of halogens is 1. The average Bonchev–Trinajstić information content (AvgIpc) is 2.77. The van der Waals surface area contributed by atoms with Gasteiger partial charge in [0.2, 0.25) is 5.95 Å². The molecule has 0 spiro atoms. The summed E-state index contributed by atoms with van der Waals surface area (Å²) in [7, 11) is 3.52. The molecule has 1 N–H and O–H groups in total. The molecule has 0 saturated carbocycles. The first-order valence-corrected chi connectivity index (χ1v) is 9.49. The molecule has 1 fully saturated rings. The first-order chi connectivity index (χ1) is 14.1. The van der Waals surface area contributed by atoms with Crippen LogP contribution in [0.1, 0.15) is 16.1 Å². The molecule has 2 aromatic rings. The molecule has 1 aromatic carbocycles. The highest BCUT2D eigenvalue weighted by Crippen LogP contribution is 2.19. The van der Waals surface area contributed by atoms with Gasteiger partial charge in [0.15, 0.2) is 0 Å². The number of hydrogen-bond acceptors (Lipinski definition) is 7. The smallest absolute Gasteiger partial charge is 0.274 e. The maximum absolute atomic E-state index is 12.9. The van der Waals surface area contributed by atoms with Crippen LogP contribution in [-0.4, -0.2) is 69.5 Å². The van der Waals surface area contributed by atoms with Crippen molar-refractivity contribution < 1.29 is 18.7 Å². The van der Waals surface area contributed by atoms with Crippen molar-refractivity contribution in [1.29, 1.82) is 0 Å². The number of aromatic nitrogens is 2. The van der Waals surface area contributed by atoms with Crippen LogP contribution in [0.2, 0.25) is 0 Å². The number of carbonyl (C=O) groups excluding carboxylic acids is 1. The normalized spacial score (nSPS) is 14.0. The summed E-state index contributed by atoms with van der Waals surface area (Å²) in [5.74, 6) is 0.734. The molecular weight excluding hydrogens is 377 g/mol. The first kappa shape index (κ1) is 20.9. The number of morpholine rings is 1. The number of methoxy groups -OCH3 is 1. The van der Waals surface area contributed by atoms with E-state index >= 15 is 0 Å². The molecule has 0 radical (unpaired) electrons. The van der Waals surface area contributed by atoms with Crippen LogP contribution >= 0.6 is 0 Å². The lowest BCUT2D eigenvalue weighted by Gasteiger charge is -2.28. The predicted molar refractivity (Wildman–Crippen MR) is 109 cm³/mol. The van der Waals surface area contributed by atoms with E-state index in [1.165, 1.54) is 0 Å². The molecule has 1 saturated heterocycles. The Balaban J connectivity index is 1.87. The summed E-state index contributed by atoms with van der Waals surface area (Å²) in [6, 6.07) is 8.33. The summed E-state index contributed by atoms with van der Waals surface area (Å²) < 4.78 is 23.4. The van der Waals surface area contributed by atoms with Crippen molar-refractivity contribution >= 4 is 23.4 Å². The van der Waals surface area contributed by atoms with Gasteiger partial charge in [0.05, 0.1) is 19.8 Å². The summed E-state index contributed by atoms with van der Waals surface area (Å²) >= 11 is 0. The summed E-state index contributed by atoms with van der Waals surface area (Å²) in [6.45, 7) is 3.05. The van der Waals surface area contributed by atoms with Crippen LogP contribution in [0.25, 0.3) is 0 Å². The zero-order chi connectivity index (χ0) is 20.6. The topological polar surface area (TPSA) is 79.8 Å². The summed E-state index contributed by atoms with van der Waals surface area (Å²) in [5.41, 5.74) is 1.26. The van der Waals surface area contributed by atoms with E-state index in [9.17, 15) is 9.18 Å². The molecule has 0 aliphatic carbocycles. The van der Waals surface area contributed by atoms with E-state index < -0.39 is 6.67 Å². The van der Waals surface area contributed by atoms with E-state index in [1.54, 1.807) is 37.4 Å². The molecular formula is C20H26FN5O3. The Kier molecular flexibility index (Phi) is 7.31. The van der Waals surface area contributed by atoms with Crippen LogP contribution in [0.15, 0.2) is 30.3 Å². The number of nitrogens with zero attached hydrogens (tertiary/aromatic N) is 4. The van der Waals surface area contributed by atoms with Crippen molar-refractivity contribution in [3.8, 4) is 0 Å². The highest BCUT2D eigenvalue weighted by atomic mass is 19.1. The van der Waals surface area contributed by atoms with Gasteiger partial charge in [-0.05, 0) is 17.7 Å². The second-order valence-electron chi connectivity index (χ2n) is 6.71. The molecule has 9 heteroatoms. The summed E-state index contributed by atoms with van der Waals surface area (Å²) in [4.78, 5) is 25.9. The van der Waals surface area contributed by atoms with Crippen molar-refractivity contribution in [3.63, 3.8) is 0 Å². The Bertz CT molecular complexity index is 830. The molecule has 29 heavy (non-hydrogen) atoms. The van der Waals surface area contributed by atoms with Gasteiger partial charge < -0.3 is 24.6 Å². The number of nitrogens with one attached hydrogen (secondary N) is 1. The van der Waals surface area contributed by atoms with Gasteiger partial charge >= 0.3 is 0 Å². The Hall–Kier alpha value is -2.78. The van der Waals surface area contributed by atoms with Crippen LogP contribution in [0.3, 0.4) is 0 Å². The number of benzene rings is 1. The Morgan fingerprint density at radius 3 is 2.83 bits per heavy atom. The zero-order valence-electron chi connectivity index (χ0n) is 16.7. The Morgan fingerprint density at radius 1 is 1.31 bits per heavy atom. The van der Waals surface area contributed by atoms with Gasteiger partial charge in [-0.2, -0.15) is 4.98 Å². The minimum Gasteiger partial charge on any atom is -0.383 e. The molecule has 0 unspecified atom stereocenters. The highest BCUT2D eigenvalue weighted by molar-refractivity contribution is 6.03. The Labute approximate surface area is 169 Å². The van der Waals surface area contributed by atoms with Crippen molar-refractivity contribution in [2.24, 2.45) is 0 Å². The number of likely N-dealkylation sites (N-methyl/N-ethyl adjacent to an activating group) is 1. The van der Waals surface area contributed by atoms with Crippen LogP contribution in [0, 0.1) is 0 Å². The number of alkyl halides is 1. The molecule has 1 aliphatic rings. The van der Waals surface area contributed by atoms with Crippen molar-refractivity contribution in [1.82, 2.24) is 9.97 Å². The van der Waals surface area contributed by atoms with Crippen LogP contribution in [-0.2, 0) is 16.1 Å². The van der Waals surface area contributed by atoms with Gasteiger partial charge in [-0.25, -0.2) is 9.37 Å². The molecule has 156 valence electrons. The molecule has 2 heterocycles. The van der Waals surface area contributed by atoms with E-state index in [0.717, 1.165) is 0 Å². The fourth-order valence-electron chi connectivity index (χ4n) is 2.91. The monoisotopic (exact) mass is 403 g/mol. The second kappa shape index (κ2) is 10.1. The first-order valence-electron chi connectivity index (χ1n) is 9.49. The third-order valence-corrected chi connectivity index (χ3v) is 4.59. The molecule has 8 nitrogen and oxygen atoms in total. The number of hydrogen-bond donors (Lipinski definition) is 1. The van der Waals surface area contributed by atoms with Gasteiger partial charge in [-0.15, -0.1) is 0 Å². The predicted octanol–water partition coefficient (Wildman–Crippen LogP) is 2.12. The third-order valence-electron chi connectivity index (χ3n) is 4.59. The van der Waals surface area contributed by atoms with E-state index in [4.69, 9.17) is 9.47 Å². The maximum atomic E-state index is 12.9. The van der Waals surface area contributed by atoms with Gasteiger partial charge in [0.25, 0.3) is 5.91 Å². The SMILES string of the molecule is COCCN(C)c1cc(C(=O)Nc2cccc(CF)c2)nc(N2CCOCC2)n1. The van der Waals surface area contributed by atoms with Gasteiger partial charge in [-0.3, -0.25) is 4.79 Å². The zero-order valence-corrected chi connectivity index (χ0v) is 16.7. The van der Waals surface area contributed by atoms with E-state index in [0.29, 0.717) is 62.5 Å². The molecule has 0 atom stereocenters. The second-order valence-corrected chi connectivity index (χ2v) is 6.71. The van der Waals surface area contributed by atoms with Crippen molar-refractivity contribution in [2.45, 2.75) is 6.67 Å². The standard InChI is InChI=1S/C20H26FN5O3/c1-25(6-9-28-2)18-13-17(23-20(24-18)26-7-10-29-11-8-26)19(27)22-16-5-3-4-15(12-16)14-21/h3-5,12-13H,6-11,14H2,1-2H3,(H,22,27). The van der Waals surface area contributed by atoms with E-state index in [1.807, 2.05) is 16.8 Å². The number of amides is 1. The molecule has 1 aromatic heterocycles. The number of carbonyl (C=O) groups is 1. The minimum absolute atomic E-state index is 0.242. The Morgan fingerprint density at radius 2 is 2.10 bits per heavy atom. The van der Waals surface area contributed by atoms with Gasteiger partial charge in [0.1, 0.15) is 18.2 Å². The molecule has 3 rings (SSSR count). The third kappa shape index (κ3) is 5.61. The maximum Gasteiger partial charge on any atom is 0.274 e. The van der Waals surface area contributed by atoms with Crippen LogP contribution < -0.4 is 15.1 Å². The molecule has 1 aliphatic heterocycles. The summed E-state index contributed by atoms with van der Waals surface area (Å²) in [5, 5.41) is 2.79. The van der Waals surface area contributed by atoms with Crippen LogP contribution in [0.5, 0.6) is 0 Å². The highest BCUT2D eigenvalue weighted by Gasteiger charge is 2.20. The minimum atomic E-state index is -0.590. The lowest BCUT2D eigenvalue weighted by molar-refractivity contribution is 0.102. The van der Waals surface area contributed by atoms with Crippen molar-refractivity contribution in [3.05, 3.63) is 41.6 Å². The number of rotatable bonds is 8. The fraction of sp³-hybridized carbons (Fsp3) is 0.450.